The first-order chi connectivity index (χ1) is 42.9. The number of allylic oxidation sites excluding steroid dienone is 2. The molecule has 9 rings (SSSR count). The minimum atomic E-state index is -0.302. The van der Waals surface area contributed by atoms with Gasteiger partial charge < -0.3 is 28.4 Å². The number of carbonyl (C=O) groups excluding carboxylic acids is 2. The molecule has 2 aliphatic heterocycles. The van der Waals surface area contributed by atoms with Crippen LogP contribution in [0.15, 0.2) is 94.9 Å². The Balaban J connectivity index is 1.54. The fraction of sp³-hybridized carbons (Fsp3) is 0.494. The summed E-state index contributed by atoms with van der Waals surface area (Å²) in [5.41, 5.74) is 18.2. The van der Waals surface area contributed by atoms with Crippen LogP contribution in [-0.2, 0) is 80.6 Å². The standard InChI is InChI=1S/C83H106O8S/c1-24-86-71-49-28-51-36-64(80(11,12)13)40-55(73(51)88-26-3)32-59-44-67(83(20,21)22)45-60-33-56-41-65(81(14,15)16)37-52(74(56)89-27-4)29-50-35-63(79(8,9)10)39-54(72(50)87-25-2)31-58-43-66(82(17,18)19)42-57(30-53(71)38-62(34-49)78(5,6)7)75(58)90-47-61-46-69(84)77(92-23)68(70(61)85)48-91-76(59)60/h34-46H,24-33,47-48H2,1-23H3. The molecule has 2 heterocycles. The number of fused-ring (bicyclic) bond motifs is 10. The number of Topliss-reactive ketones (excluding diaryl/α,β-unsaturated/α-hetero) is 1. The van der Waals surface area contributed by atoms with Gasteiger partial charge in [0.2, 0.25) is 0 Å². The van der Waals surface area contributed by atoms with Crippen molar-refractivity contribution in [2.75, 3.05) is 45.9 Å². The fourth-order valence-corrected chi connectivity index (χ4v) is 13.8. The molecule has 0 aromatic heterocycles. The van der Waals surface area contributed by atoms with E-state index < -0.39 is 0 Å². The molecule has 9 heteroatoms. The number of carbonyl (C=O) groups is 2. The predicted octanol–water partition coefficient (Wildman–Crippen LogP) is 19.4. The Bertz CT molecular complexity index is 3680. The van der Waals surface area contributed by atoms with Crippen molar-refractivity contribution in [2.24, 2.45) is 0 Å². The molecule has 0 amide bonds. The molecular formula is C83H106O8S. The maximum absolute atomic E-state index is 15.7. The summed E-state index contributed by atoms with van der Waals surface area (Å²) in [5.74, 6) is 4.14. The molecule has 1 aliphatic carbocycles. The van der Waals surface area contributed by atoms with Crippen LogP contribution < -0.4 is 28.4 Å². The zero-order valence-electron chi connectivity index (χ0n) is 60.2. The molecule has 6 aromatic carbocycles. The van der Waals surface area contributed by atoms with E-state index in [2.05, 4.69) is 225 Å². The second-order valence-corrected chi connectivity index (χ2v) is 32.8. The molecule has 0 saturated carbocycles. The predicted molar refractivity (Wildman–Crippen MR) is 382 cm³/mol. The van der Waals surface area contributed by atoms with Crippen LogP contribution in [0.4, 0.5) is 0 Å². The van der Waals surface area contributed by atoms with Gasteiger partial charge in [0.25, 0.3) is 0 Å². The number of rotatable bonds is 9. The smallest absolute Gasteiger partial charge is 0.193 e. The Hall–Kier alpha value is -6.71. The van der Waals surface area contributed by atoms with Crippen molar-refractivity contribution in [3.05, 3.63) is 195 Å². The van der Waals surface area contributed by atoms with E-state index in [1.807, 2.05) is 6.26 Å². The van der Waals surface area contributed by atoms with Crippen molar-refractivity contribution < 1.29 is 38.0 Å². The van der Waals surface area contributed by atoms with Gasteiger partial charge >= 0.3 is 0 Å². The number of thioether (sulfide) groups is 1. The highest BCUT2D eigenvalue weighted by Gasteiger charge is 2.35. The van der Waals surface area contributed by atoms with E-state index in [4.69, 9.17) is 28.4 Å². The van der Waals surface area contributed by atoms with Crippen LogP contribution in [0.25, 0.3) is 0 Å². The van der Waals surface area contributed by atoms with Crippen LogP contribution >= 0.6 is 11.8 Å². The minimum absolute atomic E-state index is 0.142. The Morgan fingerprint density at radius 2 is 0.565 bits per heavy atom. The summed E-state index contributed by atoms with van der Waals surface area (Å²) in [6.45, 7) is 50.8. The lowest BCUT2D eigenvalue weighted by molar-refractivity contribution is -0.116. The highest BCUT2D eigenvalue weighted by atomic mass is 32.2. The molecule has 0 unspecified atom stereocenters. The largest absolute Gasteiger partial charge is 0.493 e. The zero-order valence-corrected chi connectivity index (χ0v) is 61.0. The third kappa shape index (κ3) is 15.1. The SMILES string of the molecule is CCOc1c2cc(C(C)(C)C)cc1Cc1cc(C(C)(C)C)cc3c1OCC1=CC(=O)C(SC)=C(COc4c(cc(C(C)(C)C)cc4Cc4cc(C(C)(C)C)cc(c4OCC)Cc4cc(C(C)(C)C)cc(c4OCC)C3)Cc3cc(C(C)(C)C)cc(c3OCC)C2)C1=O. The Kier molecular flexibility index (Phi) is 20.1. The van der Waals surface area contributed by atoms with Gasteiger partial charge in [0.05, 0.1) is 36.9 Å². The molecular weight excluding hydrogens is 1160 g/mol. The van der Waals surface area contributed by atoms with Crippen LogP contribution in [0.3, 0.4) is 0 Å². The number of ether oxygens (including phenoxy) is 6. The average molecular weight is 1260 g/mol. The molecule has 0 radical (unpaired) electrons. The molecule has 0 atom stereocenters. The van der Waals surface area contributed by atoms with E-state index in [1.54, 1.807) is 0 Å². The summed E-state index contributed by atoms with van der Waals surface area (Å²) in [4.78, 5) is 30.9. The Morgan fingerprint density at radius 3 is 0.783 bits per heavy atom. The normalized spacial score (nSPS) is 15.2. The summed E-state index contributed by atoms with van der Waals surface area (Å²) >= 11 is 1.29. The number of hydrogen-bond donors (Lipinski definition) is 0. The van der Waals surface area contributed by atoms with Crippen molar-refractivity contribution in [3.8, 4) is 34.5 Å². The lowest BCUT2D eigenvalue weighted by Crippen LogP contribution is -2.26. The van der Waals surface area contributed by atoms with Crippen LogP contribution in [0, 0.1) is 0 Å². The third-order valence-corrected chi connectivity index (χ3v) is 19.3. The molecule has 0 fully saturated rings. The van der Waals surface area contributed by atoms with Crippen LogP contribution in [0.1, 0.15) is 252 Å². The van der Waals surface area contributed by atoms with Crippen molar-refractivity contribution in [1.82, 2.24) is 0 Å². The van der Waals surface area contributed by atoms with Gasteiger partial charge in [-0.1, -0.05) is 197 Å². The van der Waals surface area contributed by atoms with E-state index in [9.17, 15) is 4.79 Å². The van der Waals surface area contributed by atoms with Gasteiger partial charge in [-0.3, -0.25) is 9.59 Å². The molecule has 0 spiro atoms. The summed E-state index contributed by atoms with van der Waals surface area (Å²) in [6.07, 6.45) is 6.22. The molecule has 12 bridgehead atoms. The maximum Gasteiger partial charge on any atom is 0.193 e. The number of benzene rings is 6. The molecule has 3 aliphatic rings. The first kappa shape index (κ1) is 69.6. The Labute approximate surface area is 557 Å². The fourth-order valence-electron chi connectivity index (χ4n) is 13.1. The first-order valence-electron chi connectivity index (χ1n) is 33.8. The van der Waals surface area contributed by atoms with E-state index >= 15 is 4.79 Å². The van der Waals surface area contributed by atoms with Gasteiger partial charge in [0, 0.05) is 44.1 Å². The highest BCUT2D eigenvalue weighted by Crippen LogP contribution is 2.47. The van der Waals surface area contributed by atoms with E-state index in [0.717, 1.165) is 101 Å². The minimum Gasteiger partial charge on any atom is -0.493 e. The molecule has 92 heavy (non-hydrogen) atoms. The monoisotopic (exact) mass is 1260 g/mol. The number of ketones is 2. The summed E-state index contributed by atoms with van der Waals surface area (Å²) in [6, 6.07) is 28.0. The highest BCUT2D eigenvalue weighted by molar-refractivity contribution is 8.03. The summed E-state index contributed by atoms with van der Waals surface area (Å²) in [5, 5.41) is 0. The van der Waals surface area contributed by atoms with Crippen molar-refractivity contribution in [1.29, 1.82) is 0 Å². The van der Waals surface area contributed by atoms with E-state index in [-0.39, 0.29) is 62.8 Å². The van der Waals surface area contributed by atoms with E-state index in [1.165, 1.54) is 40.1 Å². The van der Waals surface area contributed by atoms with E-state index in [0.29, 0.717) is 86.9 Å². The quantitative estimate of drug-likeness (QED) is 0.131. The molecule has 8 nitrogen and oxygen atoms in total. The van der Waals surface area contributed by atoms with Gasteiger partial charge in [-0.05, 0) is 173 Å². The van der Waals surface area contributed by atoms with Crippen molar-refractivity contribution in [3.63, 3.8) is 0 Å². The van der Waals surface area contributed by atoms with Gasteiger partial charge in [0.15, 0.2) is 11.6 Å². The third-order valence-electron chi connectivity index (χ3n) is 18.4. The first-order valence-corrected chi connectivity index (χ1v) is 35.0. The lowest BCUT2D eigenvalue weighted by atomic mass is 9.79. The molecule has 492 valence electrons. The van der Waals surface area contributed by atoms with Gasteiger partial charge in [-0.2, -0.15) is 0 Å². The Morgan fingerprint density at radius 1 is 0.348 bits per heavy atom. The maximum atomic E-state index is 15.7. The molecule has 0 N–H and O–H groups in total. The second kappa shape index (κ2) is 26.6. The number of hydrogen-bond acceptors (Lipinski definition) is 9. The zero-order chi connectivity index (χ0) is 67.4. The summed E-state index contributed by atoms with van der Waals surface area (Å²) < 4.78 is 43.1. The second-order valence-electron chi connectivity index (χ2n) is 32.0. The van der Waals surface area contributed by atoms with Crippen LogP contribution in [0.5, 0.6) is 34.5 Å². The lowest BCUT2D eigenvalue weighted by Gasteiger charge is -2.29. The molecule has 0 saturated heterocycles. The van der Waals surface area contributed by atoms with Crippen LogP contribution in [-0.4, -0.2) is 57.5 Å². The van der Waals surface area contributed by atoms with Gasteiger partial charge in [0.1, 0.15) is 47.7 Å². The van der Waals surface area contributed by atoms with Crippen molar-refractivity contribution >= 4 is 23.3 Å². The summed E-state index contributed by atoms with van der Waals surface area (Å²) in [7, 11) is 0. The van der Waals surface area contributed by atoms with Crippen LogP contribution in [0.2, 0.25) is 0 Å². The van der Waals surface area contributed by atoms with Gasteiger partial charge in [-0.15, -0.1) is 11.8 Å². The topological polar surface area (TPSA) is 89.5 Å². The van der Waals surface area contributed by atoms with Gasteiger partial charge in [-0.25, -0.2) is 0 Å². The molecule has 6 aromatic rings. The van der Waals surface area contributed by atoms with Crippen molar-refractivity contribution in [2.45, 2.75) is 223 Å². The average Bonchev–Trinajstić information content (AvgIpc) is 0.803.